The Bertz CT molecular complexity index is 385. The van der Waals surface area contributed by atoms with E-state index in [-0.39, 0.29) is 4.08 Å². The van der Waals surface area contributed by atoms with Gasteiger partial charge in [0.05, 0.1) is 10.2 Å². The van der Waals surface area contributed by atoms with Crippen molar-refractivity contribution in [2.45, 2.75) is 29.9 Å². The van der Waals surface area contributed by atoms with Gasteiger partial charge in [0.2, 0.25) is 0 Å². The molecule has 86 valence electrons. The highest BCUT2D eigenvalue weighted by atomic mass is 32.2. The highest BCUT2D eigenvalue weighted by Crippen LogP contribution is 2.57. The van der Waals surface area contributed by atoms with Crippen LogP contribution in [-0.2, 0) is 4.08 Å². The largest absolute Gasteiger partial charge is 0.490 e. The minimum atomic E-state index is 0.270. The molecule has 1 aromatic rings. The van der Waals surface area contributed by atoms with Crippen molar-refractivity contribution in [3.63, 3.8) is 0 Å². The average molecular weight is 252 g/mol. The van der Waals surface area contributed by atoms with E-state index in [2.05, 4.69) is 54.7 Å². The molecule has 1 atom stereocenters. The van der Waals surface area contributed by atoms with Gasteiger partial charge in [-0.25, -0.2) is 0 Å². The van der Waals surface area contributed by atoms with Gasteiger partial charge in [-0.15, -0.1) is 23.5 Å². The lowest BCUT2D eigenvalue weighted by molar-refractivity contribution is 0.185. The molecule has 0 N–H and O–H groups in total. The van der Waals surface area contributed by atoms with Gasteiger partial charge in [0.15, 0.2) is 0 Å². The van der Waals surface area contributed by atoms with Crippen molar-refractivity contribution in [2.75, 3.05) is 11.5 Å². The molecule has 3 heteroatoms. The van der Waals surface area contributed by atoms with E-state index in [9.17, 15) is 0 Å². The van der Waals surface area contributed by atoms with Crippen molar-refractivity contribution in [1.82, 2.24) is 0 Å². The van der Waals surface area contributed by atoms with Crippen LogP contribution in [0.3, 0.4) is 0 Å². The van der Waals surface area contributed by atoms with Crippen LogP contribution >= 0.6 is 23.5 Å². The standard InChI is InChI=1S/C13H16OS2/c1-10-9-13(15-7-4-8-16-13)11-5-2-3-6-12(11)14-10/h2-3,5-6,10H,4,7-9H2,1H3/t10-/m1/s1. The second kappa shape index (κ2) is 4.19. The molecular formula is C13H16OS2. The monoisotopic (exact) mass is 252 g/mol. The second-order valence-electron chi connectivity index (χ2n) is 4.43. The summed E-state index contributed by atoms with van der Waals surface area (Å²) >= 11 is 4.23. The lowest BCUT2D eigenvalue weighted by atomic mass is 10.0. The van der Waals surface area contributed by atoms with E-state index in [0.29, 0.717) is 6.10 Å². The van der Waals surface area contributed by atoms with Crippen molar-refractivity contribution < 1.29 is 4.74 Å². The molecule has 16 heavy (non-hydrogen) atoms. The molecule has 2 aliphatic rings. The van der Waals surface area contributed by atoms with E-state index >= 15 is 0 Å². The molecule has 1 nitrogen and oxygen atoms in total. The molecule has 0 aliphatic carbocycles. The summed E-state index contributed by atoms with van der Waals surface area (Å²) in [6.45, 7) is 2.19. The third-order valence-corrected chi connectivity index (χ3v) is 6.54. The summed E-state index contributed by atoms with van der Waals surface area (Å²) in [5, 5.41) is 0. The first-order valence-electron chi connectivity index (χ1n) is 5.84. The average Bonchev–Trinajstić information content (AvgIpc) is 2.30. The van der Waals surface area contributed by atoms with Crippen molar-refractivity contribution in [1.29, 1.82) is 0 Å². The molecule has 2 heterocycles. The molecule has 3 rings (SSSR count). The number of ether oxygens (including phenoxy) is 1. The molecule has 1 spiro atoms. The normalized spacial score (nSPS) is 27.2. The first-order chi connectivity index (χ1) is 7.80. The van der Waals surface area contributed by atoms with E-state index in [0.717, 1.165) is 12.2 Å². The van der Waals surface area contributed by atoms with Gasteiger partial charge in [0.1, 0.15) is 5.75 Å². The highest BCUT2D eigenvalue weighted by molar-refractivity contribution is 8.18. The number of para-hydroxylation sites is 1. The van der Waals surface area contributed by atoms with Crippen molar-refractivity contribution in [2.24, 2.45) is 0 Å². The van der Waals surface area contributed by atoms with Crippen LogP contribution in [0.15, 0.2) is 24.3 Å². The first-order valence-corrected chi connectivity index (χ1v) is 7.81. The Kier molecular flexibility index (Phi) is 2.84. The van der Waals surface area contributed by atoms with Gasteiger partial charge in [0.25, 0.3) is 0 Å². The van der Waals surface area contributed by atoms with E-state index in [1.165, 1.54) is 23.5 Å². The highest BCUT2D eigenvalue weighted by Gasteiger charge is 2.42. The summed E-state index contributed by atoms with van der Waals surface area (Å²) in [4.78, 5) is 0. The van der Waals surface area contributed by atoms with E-state index in [1.807, 2.05) is 0 Å². The molecule has 2 aliphatic heterocycles. The fourth-order valence-electron chi connectivity index (χ4n) is 2.48. The van der Waals surface area contributed by atoms with Gasteiger partial charge in [-0.1, -0.05) is 18.2 Å². The maximum absolute atomic E-state index is 5.93. The van der Waals surface area contributed by atoms with Crippen LogP contribution in [0, 0.1) is 0 Å². The zero-order valence-corrected chi connectivity index (χ0v) is 11.1. The molecule has 0 amide bonds. The summed E-state index contributed by atoms with van der Waals surface area (Å²) in [5.41, 5.74) is 1.41. The number of fused-ring (bicyclic) bond motifs is 2. The van der Waals surface area contributed by atoms with Crippen LogP contribution in [0.5, 0.6) is 5.75 Å². The molecule has 0 bridgehead atoms. The fourth-order valence-corrected chi connectivity index (χ4v) is 6.09. The van der Waals surface area contributed by atoms with Crippen molar-refractivity contribution in [3.05, 3.63) is 29.8 Å². The minimum Gasteiger partial charge on any atom is -0.490 e. The smallest absolute Gasteiger partial charge is 0.125 e. The van der Waals surface area contributed by atoms with Gasteiger partial charge < -0.3 is 4.74 Å². The fraction of sp³-hybridized carbons (Fsp3) is 0.538. The molecular weight excluding hydrogens is 236 g/mol. The third-order valence-electron chi connectivity index (χ3n) is 3.14. The van der Waals surface area contributed by atoms with Crippen molar-refractivity contribution in [3.8, 4) is 5.75 Å². The van der Waals surface area contributed by atoms with Gasteiger partial charge in [0, 0.05) is 12.0 Å². The summed E-state index contributed by atoms with van der Waals surface area (Å²) < 4.78 is 6.20. The van der Waals surface area contributed by atoms with E-state index in [1.54, 1.807) is 0 Å². The summed E-state index contributed by atoms with van der Waals surface area (Å²) in [6, 6.07) is 8.56. The summed E-state index contributed by atoms with van der Waals surface area (Å²) in [5.74, 6) is 3.67. The lowest BCUT2D eigenvalue weighted by Crippen LogP contribution is -2.34. The maximum Gasteiger partial charge on any atom is 0.125 e. The maximum atomic E-state index is 5.93. The van der Waals surface area contributed by atoms with Crippen LogP contribution in [0.2, 0.25) is 0 Å². The Hall–Kier alpha value is -0.280. The van der Waals surface area contributed by atoms with Crippen LogP contribution in [0.4, 0.5) is 0 Å². The lowest BCUT2D eigenvalue weighted by Gasteiger charge is -2.42. The van der Waals surface area contributed by atoms with Crippen molar-refractivity contribution >= 4 is 23.5 Å². The van der Waals surface area contributed by atoms with Crippen LogP contribution in [0.25, 0.3) is 0 Å². The Labute approximate surface area is 105 Å². The van der Waals surface area contributed by atoms with Crippen LogP contribution in [0.1, 0.15) is 25.3 Å². The number of hydrogen-bond acceptors (Lipinski definition) is 3. The summed E-state index contributed by atoms with van der Waals surface area (Å²) in [7, 11) is 0. The van der Waals surface area contributed by atoms with E-state index in [4.69, 9.17) is 4.74 Å². The van der Waals surface area contributed by atoms with Crippen LogP contribution in [-0.4, -0.2) is 17.6 Å². The third kappa shape index (κ3) is 1.74. The Balaban J connectivity index is 2.05. The Morgan fingerprint density at radius 2 is 2.00 bits per heavy atom. The van der Waals surface area contributed by atoms with Gasteiger partial charge in [-0.05, 0) is 30.9 Å². The Morgan fingerprint density at radius 3 is 2.81 bits per heavy atom. The number of benzene rings is 1. The molecule has 1 fully saturated rings. The molecule has 0 unspecified atom stereocenters. The molecule has 0 saturated carbocycles. The zero-order valence-electron chi connectivity index (χ0n) is 9.44. The predicted molar refractivity (Wildman–Crippen MR) is 72.4 cm³/mol. The minimum absolute atomic E-state index is 0.270. The SMILES string of the molecule is C[C@@H]1CC2(SCCCS2)c2ccccc2O1. The number of hydrogen-bond donors (Lipinski definition) is 0. The molecule has 0 radical (unpaired) electrons. The number of rotatable bonds is 0. The second-order valence-corrected chi connectivity index (χ2v) is 7.48. The molecule has 0 aromatic heterocycles. The number of thioether (sulfide) groups is 2. The quantitative estimate of drug-likeness (QED) is 0.693. The topological polar surface area (TPSA) is 9.23 Å². The zero-order chi connectivity index (χ0) is 11.0. The predicted octanol–water partition coefficient (Wildman–Crippen LogP) is 3.88. The van der Waals surface area contributed by atoms with Gasteiger partial charge in [-0.3, -0.25) is 0 Å². The first kappa shape index (κ1) is 10.8. The van der Waals surface area contributed by atoms with Gasteiger partial charge >= 0.3 is 0 Å². The van der Waals surface area contributed by atoms with E-state index < -0.39 is 0 Å². The molecule has 1 saturated heterocycles. The van der Waals surface area contributed by atoms with Crippen LogP contribution < -0.4 is 4.74 Å². The Morgan fingerprint density at radius 1 is 1.25 bits per heavy atom. The summed E-state index contributed by atoms with van der Waals surface area (Å²) in [6.07, 6.45) is 2.82. The van der Waals surface area contributed by atoms with Gasteiger partial charge in [-0.2, -0.15) is 0 Å². The molecule has 1 aromatic carbocycles.